The Labute approximate surface area is 115 Å². The Kier molecular flexibility index (Phi) is 2.35. The van der Waals surface area contributed by atoms with Gasteiger partial charge in [-0.15, -0.1) is 0 Å². The molecular formula is C15H11N5. The van der Waals surface area contributed by atoms with Gasteiger partial charge in [0.05, 0.1) is 11.0 Å². The summed E-state index contributed by atoms with van der Waals surface area (Å²) >= 11 is 0. The summed E-state index contributed by atoms with van der Waals surface area (Å²) in [6, 6.07) is 15.7. The summed E-state index contributed by atoms with van der Waals surface area (Å²) in [6.45, 7) is 0. The van der Waals surface area contributed by atoms with E-state index in [-0.39, 0.29) is 0 Å². The fourth-order valence-electron chi connectivity index (χ4n) is 2.22. The van der Waals surface area contributed by atoms with Crippen LogP contribution in [0.5, 0.6) is 0 Å². The van der Waals surface area contributed by atoms with Gasteiger partial charge in [-0.25, -0.2) is 14.6 Å². The number of fused-ring (bicyclic) bond motifs is 1. The van der Waals surface area contributed by atoms with E-state index in [4.69, 9.17) is 0 Å². The molecule has 0 fully saturated rings. The lowest BCUT2D eigenvalue weighted by molar-refractivity contribution is 0.836. The topological polar surface area (TPSA) is 48.5 Å². The number of imidazole rings is 1. The maximum Gasteiger partial charge on any atom is 0.155 e. The summed E-state index contributed by atoms with van der Waals surface area (Å²) in [5, 5.41) is 4.20. The second kappa shape index (κ2) is 4.31. The van der Waals surface area contributed by atoms with E-state index in [0.717, 1.165) is 22.7 Å². The fraction of sp³-hybridized carbons (Fsp3) is 0. The minimum Gasteiger partial charge on any atom is -0.283 e. The minimum atomic E-state index is 0.783. The molecule has 20 heavy (non-hydrogen) atoms. The monoisotopic (exact) mass is 261 g/mol. The molecule has 96 valence electrons. The van der Waals surface area contributed by atoms with Crippen LogP contribution in [0.25, 0.3) is 22.7 Å². The smallest absolute Gasteiger partial charge is 0.155 e. The molecule has 0 unspecified atom stereocenters. The molecule has 0 amide bonds. The molecule has 0 atom stereocenters. The van der Waals surface area contributed by atoms with Gasteiger partial charge in [-0.3, -0.25) is 4.57 Å². The van der Waals surface area contributed by atoms with Crippen LogP contribution in [0.3, 0.4) is 0 Å². The molecule has 0 spiro atoms. The molecule has 3 heterocycles. The van der Waals surface area contributed by atoms with Crippen molar-refractivity contribution in [3.63, 3.8) is 0 Å². The molecule has 0 bridgehead atoms. The molecule has 0 N–H and O–H groups in total. The molecule has 0 radical (unpaired) electrons. The minimum absolute atomic E-state index is 0.783. The van der Waals surface area contributed by atoms with Crippen LogP contribution < -0.4 is 0 Å². The van der Waals surface area contributed by atoms with E-state index in [0.29, 0.717) is 0 Å². The average molecular weight is 261 g/mol. The number of aromatic nitrogens is 5. The van der Waals surface area contributed by atoms with E-state index < -0.39 is 0 Å². The molecule has 0 aliphatic heterocycles. The number of rotatable bonds is 2. The molecule has 0 saturated carbocycles. The van der Waals surface area contributed by atoms with Crippen molar-refractivity contribution in [2.45, 2.75) is 0 Å². The lowest BCUT2D eigenvalue weighted by Crippen LogP contribution is -2.02. The summed E-state index contributed by atoms with van der Waals surface area (Å²) in [7, 11) is 0. The van der Waals surface area contributed by atoms with Gasteiger partial charge in [0.2, 0.25) is 0 Å². The van der Waals surface area contributed by atoms with Gasteiger partial charge < -0.3 is 0 Å². The fourth-order valence-corrected chi connectivity index (χ4v) is 2.22. The van der Waals surface area contributed by atoms with E-state index >= 15 is 0 Å². The zero-order chi connectivity index (χ0) is 13.4. The maximum absolute atomic E-state index is 4.63. The Bertz CT molecular complexity index is 861. The molecule has 3 aromatic heterocycles. The zero-order valence-electron chi connectivity index (χ0n) is 10.6. The van der Waals surface area contributed by atoms with Crippen LogP contribution in [-0.4, -0.2) is 24.3 Å². The van der Waals surface area contributed by atoms with Gasteiger partial charge in [0, 0.05) is 12.4 Å². The lowest BCUT2D eigenvalue weighted by atomic mass is 10.3. The van der Waals surface area contributed by atoms with Gasteiger partial charge in [0.25, 0.3) is 0 Å². The maximum atomic E-state index is 4.63. The number of para-hydroxylation sites is 2. The van der Waals surface area contributed by atoms with Crippen LogP contribution in [0, 0.1) is 0 Å². The molecule has 5 heteroatoms. The second-order valence-electron chi connectivity index (χ2n) is 4.41. The predicted molar refractivity (Wildman–Crippen MR) is 76.0 cm³/mol. The number of pyridine rings is 1. The molecule has 1 aromatic carbocycles. The molecule has 4 rings (SSSR count). The van der Waals surface area contributed by atoms with Gasteiger partial charge in [-0.1, -0.05) is 18.2 Å². The van der Waals surface area contributed by atoms with Gasteiger partial charge in [0.15, 0.2) is 5.82 Å². The summed E-state index contributed by atoms with van der Waals surface area (Å²) in [5.74, 6) is 1.61. The third-order valence-corrected chi connectivity index (χ3v) is 3.16. The van der Waals surface area contributed by atoms with Crippen LogP contribution >= 0.6 is 0 Å². The van der Waals surface area contributed by atoms with Crippen molar-refractivity contribution in [1.29, 1.82) is 0 Å². The van der Waals surface area contributed by atoms with Crippen molar-refractivity contribution in [3.8, 4) is 11.6 Å². The van der Waals surface area contributed by atoms with E-state index in [1.807, 2.05) is 59.3 Å². The normalized spacial score (nSPS) is 11.0. The Hall–Kier alpha value is -2.95. The summed E-state index contributed by atoms with van der Waals surface area (Å²) in [4.78, 5) is 9.02. The Balaban J connectivity index is 1.88. The standard InChI is InChI=1S/C15H11N5/c1-2-6-13-12(5-1)16-11-19(13)14-7-3-8-15(18-14)20-10-4-9-17-20/h1-11H. The highest BCUT2D eigenvalue weighted by Crippen LogP contribution is 2.17. The molecule has 0 aliphatic carbocycles. The van der Waals surface area contributed by atoms with E-state index in [1.54, 1.807) is 17.2 Å². The van der Waals surface area contributed by atoms with E-state index in [2.05, 4.69) is 15.1 Å². The molecule has 5 nitrogen and oxygen atoms in total. The third-order valence-electron chi connectivity index (χ3n) is 3.16. The van der Waals surface area contributed by atoms with Crippen LogP contribution in [0.4, 0.5) is 0 Å². The first-order chi connectivity index (χ1) is 9.92. The Morgan fingerprint density at radius 3 is 2.65 bits per heavy atom. The van der Waals surface area contributed by atoms with E-state index in [9.17, 15) is 0 Å². The number of hydrogen-bond acceptors (Lipinski definition) is 3. The summed E-state index contributed by atoms with van der Waals surface area (Å²) in [5.41, 5.74) is 2.00. The third kappa shape index (κ3) is 1.68. The lowest BCUT2D eigenvalue weighted by Gasteiger charge is -2.06. The van der Waals surface area contributed by atoms with Gasteiger partial charge in [0.1, 0.15) is 12.1 Å². The van der Waals surface area contributed by atoms with Crippen LogP contribution in [-0.2, 0) is 0 Å². The molecular weight excluding hydrogens is 250 g/mol. The average Bonchev–Trinajstić information content (AvgIpc) is 3.17. The van der Waals surface area contributed by atoms with Crippen molar-refractivity contribution in [2.75, 3.05) is 0 Å². The SMILES string of the molecule is c1cc(-n2cccn2)nc(-n2cnc3ccccc32)c1. The number of benzene rings is 1. The second-order valence-corrected chi connectivity index (χ2v) is 4.41. The van der Waals surface area contributed by atoms with Crippen molar-refractivity contribution < 1.29 is 0 Å². The van der Waals surface area contributed by atoms with Crippen LogP contribution in [0.2, 0.25) is 0 Å². The first kappa shape index (κ1) is 10.9. The highest BCUT2D eigenvalue weighted by atomic mass is 15.3. The summed E-state index contributed by atoms with van der Waals surface area (Å²) < 4.78 is 3.71. The van der Waals surface area contributed by atoms with Crippen molar-refractivity contribution >= 4 is 11.0 Å². The van der Waals surface area contributed by atoms with Gasteiger partial charge in [-0.2, -0.15) is 5.10 Å². The highest BCUT2D eigenvalue weighted by molar-refractivity contribution is 5.76. The Morgan fingerprint density at radius 2 is 1.75 bits per heavy atom. The molecule has 0 aliphatic rings. The van der Waals surface area contributed by atoms with Gasteiger partial charge in [-0.05, 0) is 30.3 Å². The highest BCUT2D eigenvalue weighted by Gasteiger charge is 2.06. The van der Waals surface area contributed by atoms with Crippen molar-refractivity contribution in [1.82, 2.24) is 24.3 Å². The van der Waals surface area contributed by atoms with Gasteiger partial charge >= 0.3 is 0 Å². The quantitative estimate of drug-likeness (QED) is 0.557. The largest absolute Gasteiger partial charge is 0.283 e. The van der Waals surface area contributed by atoms with Crippen molar-refractivity contribution in [3.05, 3.63) is 67.3 Å². The number of hydrogen-bond donors (Lipinski definition) is 0. The summed E-state index contributed by atoms with van der Waals surface area (Å²) in [6.07, 6.45) is 5.40. The molecule has 4 aromatic rings. The van der Waals surface area contributed by atoms with Crippen LogP contribution in [0.15, 0.2) is 67.3 Å². The number of nitrogens with zero attached hydrogens (tertiary/aromatic N) is 5. The Morgan fingerprint density at radius 1 is 0.850 bits per heavy atom. The zero-order valence-corrected chi connectivity index (χ0v) is 10.6. The first-order valence-electron chi connectivity index (χ1n) is 6.31. The first-order valence-corrected chi connectivity index (χ1v) is 6.31. The van der Waals surface area contributed by atoms with E-state index in [1.165, 1.54) is 0 Å². The van der Waals surface area contributed by atoms with Crippen molar-refractivity contribution in [2.24, 2.45) is 0 Å². The molecule has 0 saturated heterocycles. The predicted octanol–water partition coefficient (Wildman–Crippen LogP) is 2.61. The van der Waals surface area contributed by atoms with Crippen LogP contribution in [0.1, 0.15) is 0 Å².